The Kier molecular flexibility index (Phi) is 5.16. The molecular weight excluding hydrogens is 288 g/mol. The van der Waals surface area contributed by atoms with E-state index in [-0.39, 0.29) is 5.75 Å². The van der Waals surface area contributed by atoms with Gasteiger partial charge < -0.3 is 4.90 Å². The summed E-state index contributed by atoms with van der Waals surface area (Å²) >= 11 is 0. The summed E-state index contributed by atoms with van der Waals surface area (Å²) in [6, 6.07) is 0. The van der Waals surface area contributed by atoms with Gasteiger partial charge in [0.1, 0.15) is 9.84 Å². The average molecular weight is 312 g/mol. The highest BCUT2D eigenvalue weighted by Crippen LogP contribution is 2.14. The highest BCUT2D eigenvalue weighted by atomic mass is 32.2. The molecule has 21 heavy (non-hydrogen) atoms. The predicted molar refractivity (Wildman–Crippen MR) is 84.5 cm³/mol. The number of nitrogens with zero attached hydrogens (tertiary/aromatic N) is 4. The van der Waals surface area contributed by atoms with E-state index in [0.29, 0.717) is 6.54 Å². The Balaban J connectivity index is 1.92. The second-order valence-corrected chi connectivity index (χ2v) is 7.87. The van der Waals surface area contributed by atoms with Crippen LogP contribution in [0.4, 0.5) is 5.95 Å². The molecule has 0 unspecified atom stereocenters. The predicted octanol–water partition coefficient (Wildman–Crippen LogP) is 0.514. The third-order valence-corrected chi connectivity index (χ3v) is 4.76. The van der Waals surface area contributed by atoms with Crippen LogP contribution in [0.15, 0.2) is 6.20 Å². The van der Waals surface area contributed by atoms with Gasteiger partial charge in [-0.3, -0.25) is 4.90 Å². The second kappa shape index (κ2) is 6.70. The van der Waals surface area contributed by atoms with Crippen molar-refractivity contribution in [2.24, 2.45) is 0 Å². The highest BCUT2D eigenvalue weighted by molar-refractivity contribution is 7.90. The lowest BCUT2D eigenvalue weighted by molar-refractivity contribution is 0.270. The monoisotopic (exact) mass is 312 g/mol. The molecule has 0 atom stereocenters. The van der Waals surface area contributed by atoms with E-state index in [1.54, 1.807) is 0 Å². The van der Waals surface area contributed by atoms with E-state index < -0.39 is 9.84 Å². The largest absolute Gasteiger partial charge is 0.338 e. The van der Waals surface area contributed by atoms with Crippen LogP contribution in [-0.4, -0.2) is 68.0 Å². The fourth-order valence-electron chi connectivity index (χ4n) is 2.44. The van der Waals surface area contributed by atoms with Crippen LogP contribution >= 0.6 is 0 Å². The Hall–Kier alpha value is -1.21. The first-order valence-corrected chi connectivity index (χ1v) is 9.42. The highest BCUT2D eigenvalue weighted by Gasteiger charge is 2.20. The molecule has 2 rings (SSSR count). The molecule has 118 valence electrons. The fraction of sp³-hybridized carbons (Fsp3) is 0.714. The lowest BCUT2D eigenvalue weighted by Gasteiger charge is -2.34. The molecule has 1 aromatic heterocycles. The summed E-state index contributed by atoms with van der Waals surface area (Å²) in [4.78, 5) is 13.4. The molecule has 7 heteroatoms. The van der Waals surface area contributed by atoms with Crippen molar-refractivity contribution >= 4 is 15.8 Å². The van der Waals surface area contributed by atoms with E-state index in [0.717, 1.165) is 49.8 Å². The zero-order valence-electron chi connectivity index (χ0n) is 13.0. The van der Waals surface area contributed by atoms with Crippen molar-refractivity contribution in [2.45, 2.75) is 20.3 Å². The van der Waals surface area contributed by atoms with E-state index in [1.165, 1.54) is 6.26 Å². The van der Waals surface area contributed by atoms with Gasteiger partial charge in [-0.2, -0.15) is 0 Å². The maximum absolute atomic E-state index is 11.2. The minimum absolute atomic E-state index is 0.230. The molecule has 0 bridgehead atoms. The van der Waals surface area contributed by atoms with Crippen molar-refractivity contribution in [1.82, 2.24) is 14.9 Å². The van der Waals surface area contributed by atoms with Crippen LogP contribution in [0, 0.1) is 6.92 Å². The maximum Gasteiger partial charge on any atom is 0.225 e. The van der Waals surface area contributed by atoms with Crippen molar-refractivity contribution in [1.29, 1.82) is 0 Å². The number of rotatable bonds is 5. The van der Waals surface area contributed by atoms with E-state index in [1.807, 2.05) is 13.1 Å². The molecule has 0 spiro atoms. The van der Waals surface area contributed by atoms with Crippen LogP contribution in [0.1, 0.15) is 18.2 Å². The molecule has 1 aliphatic rings. The quantitative estimate of drug-likeness (QED) is 0.789. The molecule has 0 amide bonds. The Morgan fingerprint density at radius 1 is 1.24 bits per heavy atom. The number of aryl methyl sites for hydroxylation is 2. The number of anilines is 1. The van der Waals surface area contributed by atoms with Gasteiger partial charge in [-0.15, -0.1) is 0 Å². The average Bonchev–Trinajstić information content (AvgIpc) is 2.45. The van der Waals surface area contributed by atoms with E-state index in [2.05, 4.69) is 26.7 Å². The summed E-state index contributed by atoms with van der Waals surface area (Å²) in [5.74, 6) is 1.02. The summed E-state index contributed by atoms with van der Waals surface area (Å²) in [5, 5.41) is 0. The van der Waals surface area contributed by atoms with Crippen molar-refractivity contribution < 1.29 is 8.42 Å². The maximum atomic E-state index is 11.2. The fourth-order valence-corrected chi connectivity index (χ4v) is 3.03. The first-order chi connectivity index (χ1) is 9.89. The smallest absolute Gasteiger partial charge is 0.225 e. The zero-order chi connectivity index (χ0) is 15.5. The summed E-state index contributed by atoms with van der Waals surface area (Å²) < 4.78 is 22.4. The Morgan fingerprint density at radius 3 is 2.48 bits per heavy atom. The zero-order valence-corrected chi connectivity index (χ0v) is 13.9. The van der Waals surface area contributed by atoms with Gasteiger partial charge in [-0.25, -0.2) is 18.4 Å². The van der Waals surface area contributed by atoms with Gasteiger partial charge in [0.05, 0.1) is 5.75 Å². The number of sulfone groups is 1. The lowest BCUT2D eigenvalue weighted by atomic mass is 10.2. The Bertz CT molecular complexity index is 581. The molecule has 1 fully saturated rings. The third kappa shape index (κ3) is 4.64. The molecule has 0 N–H and O–H groups in total. The normalized spacial score (nSPS) is 17.2. The first-order valence-electron chi connectivity index (χ1n) is 7.36. The molecule has 0 saturated carbocycles. The van der Waals surface area contributed by atoms with Gasteiger partial charge in [0.25, 0.3) is 0 Å². The first kappa shape index (κ1) is 16.2. The Labute approximate surface area is 127 Å². The number of aromatic nitrogens is 2. The van der Waals surface area contributed by atoms with Gasteiger partial charge in [0.15, 0.2) is 0 Å². The molecule has 2 heterocycles. The van der Waals surface area contributed by atoms with Crippen LogP contribution < -0.4 is 4.90 Å². The summed E-state index contributed by atoms with van der Waals surface area (Å²) in [7, 11) is -2.88. The topological polar surface area (TPSA) is 66.4 Å². The summed E-state index contributed by atoms with van der Waals surface area (Å²) in [6.45, 7) is 8.14. The van der Waals surface area contributed by atoms with Crippen molar-refractivity contribution in [3.8, 4) is 0 Å². The minimum atomic E-state index is -2.88. The molecule has 1 saturated heterocycles. The van der Waals surface area contributed by atoms with E-state index >= 15 is 0 Å². The lowest BCUT2D eigenvalue weighted by Crippen LogP contribution is -2.48. The standard InChI is InChI=1S/C14H24N4O2S/c1-4-13-12(2)11-15-14(16-13)18-7-5-17(6-8-18)9-10-21(3,19)20/h11H,4-10H2,1-3H3. The minimum Gasteiger partial charge on any atom is -0.338 e. The second-order valence-electron chi connectivity index (χ2n) is 5.61. The number of hydrogen-bond acceptors (Lipinski definition) is 6. The van der Waals surface area contributed by atoms with Crippen LogP contribution in [-0.2, 0) is 16.3 Å². The van der Waals surface area contributed by atoms with Gasteiger partial charge in [0, 0.05) is 50.9 Å². The summed E-state index contributed by atoms with van der Waals surface area (Å²) in [5.41, 5.74) is 2.23. The number of piperazine rings is 1. The third-order valence-electron chi connectivity index (χ3n) is 3.83. The van der Waals surface area contributed by atoms with Crippen LogP contribution in [0.3, 0.4) is 0 Å². The van der Waals surface area contributed by atoms with Crippen LogP contribution in [0.5, 0.6) is 0 Å². The van der Waals surface area contributed by atoms with Gasteiger partial charge in [-0.1, -0.05) is 6.92 Å². The molecule has 0 aromatic carbocycles. The van der Waals surface area contributed by atoms with Crippen molar-refractivity contribution in [3.05, 3.63) is 17.5 Å². The molecule has 0 radical (unpaired) electrons. The molecule has 1 aromatic rings. The molecule has 0 aliphatic carbocycles. The van der Waals surface area contributed by atoms with E-state index in [4.69, 9.17) is 0 Å². The molecular formula is C14H24N4O2S. The van der Waals surface area contributed by atoms with Gasteiger partial charge in [0.2, 0.25) is 5.95 Å². The number of hydrogen-bond donors (Lipinski definition) is 0. The van der Waals surface area contributed by atoms with Crippen molar-refractivity contribution in [2.75, 3.05) is 49.6 Å². The van der Waals surface area contributed by atoms with E-state index in [9.17, 15) is 8.42 Å². The van der Waals surface area contributed by atoms with Gasteiger partial charge in [-0.05, 0) is 18.9 Å². The van der Waals surface area contributed by atoms with Crippen LogP contribution in [0.25, 0.3) is 0 Å². The van der Waals surface area contributed by atoms with Gasteiger partial charge >= 0.3 is 0 Å². The van der Waals surface area contributed by atoms with Crippen LogP contribution in [0.2, 0.25) is 0 Å². The Morgan fingerprint density at radius 2 is 1.90 bits per heavy atom. The molecule has 1 aliphatic heterocycles. The molecule has 6 nitrogen and oxygen atoms in total. The summed E-state index contributed by atoms with van der Waals surface area (Å²) in [6.07, 6.45) is 4.09. The van der Waals surface area contributed by atoms with Crippen molar-refractivity contribution in [3.63, 3.8) is 0 Å². The SMILES string of the molecule is CCc1nc(N2CCN(CCS(C)(=O)=O)CC2)ncc1C.